The number of esters is 2. The first kappa shape index (κ1) is 75.5. The Labute approximate surface area is 615 Å². The summed E-state index contributed by atoms with van der Waals surface area (Å²) in [7, 11) is 0.498. The molecule has 0 unspecified atom stereocenters. The number of rotatable bonds is 13. The lowest BCUT2D eigenvalue weighted by atomic mass is 9.85. The molecule has 4 aliphatic heterocycles. The number of fused-ring (bicyclic) bond motifs is 15. The van der Waals surface area contributed by atoms with Gasteiger partial charge in [-0.2, -0.15) is 4.73 Å². The maximum Gasteiger partial charge on any atom is 0.358 e. The van der Waals surface area contributed by atoms with Gasteiger partial charge in [-0.25, -0.2) is 39.5 Å². The number of methoxy groups -OCH3 is 1. The molecule has 11 heterocycles. The number of cyclic esters (lactones) is 2. The molecule has 12 N–H and O–H groups in total. The Morgan fingerprint density at radius 3 is 2.23 bits per heavy atom. The van der Waals surface area contributed by atoms with Gasteiger partial charge in [-0.3, -0.25) is 33.3 Å². The molecular formula is C64H69N14O21PS5. The first-order chi connectivity index (χ1) is 49.9. The fraction of sp³-hybridized carbons (Fsp3) is 0.406. The quantitative estimate of drug-likeness (QED) is 0.0255. The highest BCUT2D eigenvalue weighted by Gasteiger charge is 2.50. The van der Waals surface area contributed by atoms with E-state index in [4.69, 9.17) is 43.4 Å². The summed E-state index contributed by atoms with van der Waals surface area (Å²) >= 11 is 4.40. The van der Waals surface area contributed by atoms with Crippen LogP contribution in [0.3, 0.4) is 0 Å². The van der Waals surface area contributed by atoms with Crippen molar-refractivity contribution in [3.8, 4) is 38.4 Å². The van der Waals surface area contributed by atoms with Gasteiger partial charge in [0, 0.05) is 56.4 Å². The SMILES string of the molecule is CO/C(C)=C1/NC(=O)[C@H]([C@@H](C)O)NC(=O)c2csc(n2)-c2cc(O)c(-c3nc(C(=O)N[C@@H](C)C(=O)NCCCP(=O)(O)O)cs3)nc2-c2csc(n2)[C@@H]2COC(=O)c3c4c5c(cccc5n3O)COC(=O)[C@@H](O[C@H]3C[C@](C)(O)[C@H](N(C)C)[C@H](C)O3)[C@@H](OC4)[C@H](NC(=O)c3csc1n3)c1nc(cs1)C(=O)N2. The summed E-state index contributed by atoms with van der Waals surface area (Å²) in [5.74, 6) is -8.01. The Kier molecular flexibility index (Phi) is 22.1. The number of nitrogens with one attached hydrogen (secondary N) is 6. The van der Waals surface area contributed by atoms with Crippen molar-refractivity contribution < 1.29 is 102 Å². The second-order valence-corrected chi connectivity index (χ2v) is 31.4. The molecule has 105 heavy (non-hydrogen) atoms. The molecule has 12 bridgehead atoms. The Balaban J connectivity index is 1.00. The lowest BCUT2D eigenvalue weighted by molar-refractivity contribution is -0.280. The zero-order valence-electron chi connectivity index (χ0n) is 56.8. The van der Waals surface area contributed by atoms with Crippen LogP contribution in [0, 0.1) is 0 Å². The summed E-state index contributed by atoms with van der Waals surface area (Å²) in [6.07, 6.45) is -8.14. The minimum absolute atomic E-state index is 0.00317. The van der Waals surface area contributed by atoms with Crippen molar-refractivity contribution in [1.29, 1.82) is 0 Å². The van der Waals surface area contributed by atoms with Crippen molar-refractivity contribution in [2.45, 2.75) is 127 Å². The number of hydrogen-bond acceptors (Lipinski definition) is 31. The zero-order valence-corrected chi connectivity index (χ0v) is 61.8. The average Bonchev–Trinajstić information content (AvgIpc) is 1.53. The standard InChI is InChI=1S/C64H69N14O21PS5/c1-25(51(81)65-13-10-14-100(91,92)93)66-52(82)34-22-104-60(71-34)45-39(80)15-30-44(73-45)33-20-102-58(68-33)32-19-97-62(87)47-31-18-95-48(49(99-40-16-64(5,89)50(77(6)7)28(4)98-40)63(88)96-17-29-11-9-12-38(41(29)31)78(47)90)46(61-72-35(23-105-61)53(83)67-32)76-55(85)37-24-103-59(70-37)43(27(3)94-8)75-56(86)42(26(2)79)74-54(84)36-21-101-57(30)69-36/h9,11-12,15,20-26,28,32,40,42,46,48-50,79-80,89-90H,10,13-14,16-19H2,1-8H3,(H,65,81)(H,66,82)(H,67,83)(H,74,84)(H,75,86)(H,76,85)(H2,91,92,93)/b43-27+/t25-,26+,28-,32-,40-,42-,46-,48-,49-,50+,64-/m0/s1. The molecule has 0 aliphatic carbocycles. The van der Waals surface area contributed by atoms with Gasteiger partial charge in [0.1, 0.15) is 126 Å². The van der Waals surface area contributed by atoms with Crippen molar-refractivity contribution in [1.82, 2.24) is 71.4 Å². The minimum atomic E-state index is -4.32. The predicted octanol–water partition coefficient (Wildman–Crippen LogP) is 3.97. The topological polar surface area (TPSA) is 488 Å². The minimum Gasteiger partial charge on any atom is -0.506 e. The molecule has 12 rings (SSSR count). The maximum absolute atomic E-state index is 15.2. The Morgan fingerprint density at radius 1 is 0.848 bits per heavy atom. The smallest absolute Gasteiger partial charge is 0.358 e. The number of thiazole rings is 5. The van der Waals surface area contributed by atoms with E-state index in [9.17, 15) is 54.1 Å². The van der Waals surface area contributed by atoms with Gasteiger partial charge >= 0.3 is 19.5 Å². The molecule has 556 valence electrons. The second-order valence-electron chi connectivity index (χ2n) is 25.3. The number of amides is 6. The number of pyridine rings is 1. The van der Waals surface area contributed by atoms with Crippen molar-refractivity contribution in [2.24, 2.45) is 0 Å². The third-order valence-electron chi connectivity index (χ3n) is 17.4. The van der Waals surface area contributed by atoms with Gasteiger partial charge in [-0.05, 0) is 72.8 Å². The summed E-state index contributed by atoms with van der Waals surface area (Å²) in [6.45, 7) is 5.45. The number of hydrogen-bond donors (Lipinski definition) is 12. The molecule has 1 aromatic carbocycles. The second kappa shape index (κ2) is 30.8. The summed E-state index contributed by atoms with van der Waals surface area (Å²) in [6, 6.07) is -0.619. The van der Waals surface area contributed by atoms with Crippen LogP contribution in [0.1, 0.15) is 138 Å². The number of likely N-dealkylation sites (N-methyl/N-ethyl adjacent to an activating group) is 1. The van der Waals surface area contributed by atoms with E-state index in [1.807, 2.05) is 0 Å². The van der Waals surface area contributed by atoms with Crippen LogP contribution in [0.2, 0.25) is 0 Å². The number of carbonyl (C=O) groups excluding carboxylic acids is 8. The van der Waals surface area contributed by atoms with Crippen LogP contribution in [0.25, 0.3) is 49.3 Å². The monoisotopic (exact) mass is 1560 g/mol. The van der Waals surface area contributed by atoms with E-state index in [0.717, 1.165) is 56.7 Å². The number of benzene rings is 1. The van der Waals surface area contributed by atoms with E-state index in [2.05, 4.69) is 46.9 Å². The van der Waals surface area contributed by atoms with Crippen LogP contribution in [0.4, 0.5) is 0 Å². The first-order valence-electron chi connectivity index (χ1n) is 32.2. The van der Waals surface area contributed by atoms with Crippen LogP contribution in [-0.2, 0) is 60.6 Å². The van der Waals surface area contributed by atoms with Gasteiger partial charge in [-0.15, -0.1) is 56.7 Å². The van der Waals surface area contributed by atoms with Gasteiger partial charge in [0.2, 0.25) is 11.8 Å². The molecule has 4 aliphatic rings. The molecule has 0 radical (unpaired) electrons. The number of aromatic hydroxyl groups is 1. The average molecular weight is 1560 g/mol. The van der Waals surface area contributed by atoms with Crippen molar-refractivity contribution >= 4 is 128 Å². The lowest BCUT2D eigenvalue weighted by Gasteiger charge is -2.48. The highest BCUT2D eigenvalue weighted by molar-refractivity contribution is 7.51. The van der Waals surface area contributed by atoms with Crippen molar-refractivity contribution in [3.63, 3.8) is 0 Å². The third kappa shape index (κ3) is 16.0. The first-order valence-corrected chi connectivity index (χ1v) is 38.4. The molecule has 7 aromatic heterocycles. The maximum atomic E-state index is 15.2. The lowest BCUT2D eigenvalue weighted by Crippen LogP contribution is -2.62. The summed E-state index contributed by atoms with van der Waals surface area (Å²) in [5, 5.41) is 70.2. The largest absolute Gasteiger partial charge is 0.506 e. The van der Waals surface area contributed by atoms with Gasteiger partial charge in [0.05, 0.1) is 49.2 Å². The molecule has 11 atom stereocenters. The normalized spacial score (nSPS) is 23.7. The molecule has 1 fully saturated rings. The summed E-state index contributed by atoms with van der Waals surface area (Å²) < 4.78 is 49.5. The predicted molar refractivity (Wildman–Crippen MR) is 376 cm³/mol. The van der Waals surface area contributed by atoms with E-state index < -0.39 is 159 Å². The Bertz CT molecular complexity index is 4830. The van der Waals surface area contributed by atoms with E-state index in [0.29, 0.717) is 4.73 Å². The van der Waals surface area contributed by atoms with Gasteiger partial charge in [0.15, 0.2) is 18.1 Å². The fourth-order valence-electron chi connectivity index (χ4n) is 12.5. The Hall–Kier alpha value is -9.13. The summed E-state index contributed by atoms with van der Waals surface area (Å²) in [4.78, 5) is 164. The van der Waals surface area contributed by atoms with E-state index >= 15 is 19.2 Å². The molecule has 8 aromatic rings. The van der Waals surface area contributed by atoms with Crippen LogP contribution < -0.4 is 31.9 Å². The van der Waals surface area contributed by atoms with Gasteiger partial charge < -0.3 is 95.5 Å². The van der Waals surface area contributed by atoms with E-state index in [1.54, 1.807) is 45.0 Å². The summed E-state index contributed by atoms with van der Waals surface area (Å²) in [5.41, 5.74) is -3.07. The van der Waals surface area contributed by atoms with E-state index in [1.165, 1.54) is 66.9 Å². The molecule has 1 saturated heterocycles. The number of allylic oxidation sites excluding steroid dienone is 1. The molecule has 41 heteroatoms. The van der Waals surface area contributed by atoms with Crippen LogP contribution in [-0.4, -0.2) is 212 Å². The third-order valence-corrected chi connectivity index (χ3v) is 22.8. The number of aliphatic hydroxyl groups excluding tert-OH is 1. The number of ether oxygens (including phenoxy) is 6. The van der Waals surface area contributed by atoms with E-state index in [-0.39, 0.29) is 123 Å². The zero-order chi connectivity index (χ0) is 75.2. The molecular weight excluding hydrogens is 1490 g/mol. The number of aromatic nitrogens is 7. The molecule has 6 amide bonds. The van der Waals surface area contributed by atoms with Crippen LogP contribution >= 0.6 is 64.3 Å². The van der Waals surface area contributed by atoms with Crippen LogP contribution in [0.15, 0.2) is 56.9 Å². The highest BCUT2D eigenvalue weighted by Crippen LogP contribution is 2.43. The highest BCUT2D eigenvalue weighted by atomic mass is 32.1. The Morgan fingerprint density at radius 2 is 1.51 bits per heavy atom. The van der Waals surface area contributed by atoms with Crippen LogP contribution in [0.5, 0.6) is 5.75 Å². The number of aliphatic hydroxyl groups is 2. The molecule has 0 spiro atoms. The fourth-order valence-corrected chi connectivity index (χ4v) is 17.2. The number of carbonyl (C=O) groups is 8. The number of nitrogens with zero attached hydrogens (tertiary/aromatic N) is 8. The van der Waals surface area contributed by atoms with Crippen molar-refractivity contribution in [3.05, 3.63) is 112 Å². The van der Waals surface area contributed by atoms with Gasteiger partial charge in [-0.1, -0.05) is 12.1 Å². The molecule has 0 saturated carbocycles. The molecule has 35 nitrogen and oxygen atoms in total. The van der Waals surface area contributed by atoms with Gasteiger partial charge in [0.25, 0.3) is 23.6 Å². The van der Waals surface area contributed by atoms with Crippen molar-refractivity contribution in [2.75, 3.05) is 40.5 Å².